The fourth-order valence-corrected chi connectivity index (χ4v) is 3.15. The topological polar surface area (TPSA) is 18.5 Å². The SMILES string of the molecule is CCCCN(CC)C(CN1CCNCC1)c1ccc(F)cc1. The van der Waals surface area contributed by atoms with Gasteiger partial charge >= 0.3 is 0 Å². The van der Waals surface area contributed by atoms with Crippen LogP contribution in [0.3, 0.4) is 0 Å². The van der Waals surface area contributed by atoms with E-state index in [0.717, 1.165) is 45.8 Å². The normalized spacial score (nSPS) is 17.8. The highest BCUT2D eigenvalue weighted by Gasteiger charge is 2.22. The molecule has 0 amide bonds. The molecule has 1 saturated heterocycles. The first kappa shape index (κ1) is 17.4. The molecule has 1 aromatic rings. The van der Waals surface area contributed by atoms with Crippen LogP contribution in [0.4, 0.5) is 4.39 Å². The lowest BCUT2D eigenvalue weighted by Gasteiger charge is -2.37. The number of nitrogens with one attached hydrogen (secondary N) is 1. The maximum absolute atomic E-state index is 13.3. The molecule has 0 radical (unpaired) electrons. The van der Waals surface area contributed by atoms with Gasteiger partial charge in [-0.15, -0.1) is 0 Å². The van der Waals surface area contributed by atoms with Crippen LogP contribution in [0.5, 0.6) is 0 Å². The third kappa shape index (κ3) is 5.04. The second-order valence-electron chi connectivity index (χ2n) is 6.10. The van der Waals surface area contributed by atoms with Crippen molar-refractivity contribution < 1.29 is 4.39 Å². The molecule has 0 saturated carbocycles. The zero-order valence-electron chi connectivity index (χ0n) is 14.0. The standard InChI is InChI=1S/C18H30FN3/c1-3-5-12-22(4-2)18(15-21-13-10-20-11-14-21)16-6-8-17(19)9-7-16/h6-9,18,20H,3-5,10-15H2,1-2H3. The number of unbranched alkanes of at least 4 members (excludes halogenated alkanes) is 1. The van der Waals surface area contributed by atoms with Crippen molar-refractivity contribution in [2.45, 2.75) is 32.7 Å². The molecule has 4 heteroatoms. The highest BCUT2D eigenvalue weighted by molar-refractivity contribution is 5.20. The predicted molar refractivity (Wildman–Crippen MR) is 90.6 cm³/mol. The van der Waals surface area contributed by atoms with Crippen molar-refractivity contribution in [1.29, 1.82) is 0 Å². The van der Waals surface area contributed by atoms with E-state index in [9.17, 15) is 4.39 Å². The molecular weight excluding hydrogens is 277 g/mol. The molecule has 1 atom stereocenters. The van der Waals surface area contributed by atoms with Crippen molar-refractivity contribution in [3.05, 3.63) is 35.6 Å². The fraction of sp³-hybridized carbons (Fsp3) is 0.667. The van der Waals surface area contributed by atoms with Gasteiger partial charge in [0.05, 0.1) is 0 Å². The second-order valence-corrected chi connectivity index (χ2v) is 6.10. The van der Waals surface area contributed by atoms with Gasteiger partial charge in [0.15, 0.2) is 0 Å². The number of nitrogens with zero attached hydrogens (tertiary/aromatic N) is 2. The van der Waals surface area contributed by atoms with Crippen LogP contribution in [0.1, 0.15) is 38.3 Å². The molecular formula is C18H30FN3. The minimum absolute atomic E-state index is 0.152. The highest BCUT2D eigenvalue weighted by atomic mass is 19.1. The van der Waals surface area contributed by atoms with Gasteiger partial charge in [0, 0.05) is 38.8 Å². The molecule has 2 rings (SSSR count). The van der Waals surface area contributed by atoms with Gasteiger partial charge in [-0.05, 0) is 37.2 Å². The van der Waals surface area contributed by atoms with Crippen molar-refractivity contribution in [3.63, 3.8) is 0 Å². The molecule has 1 fully saturated rings. The lowest BCUT2D eigenvalue weighted by atomic mass is 10.0. The zero-order chi connectivity index (χ0) is 15.8. The Bertz CT molecular complexity index is 415. The molecule has 22 heavy (non-hydrogen) atoms. The number of halogens is 1. The Hall–Kier alpha value is -0.970. The predicted octanol–water partition coefficient (Wildman–Crippen LogP) is 2.89. The smallest absolute Gasteiger partial charge is 0.123 e. The Morgan fingerprint density at radius 1 is 1.18 bits per heavy atom. The molecule has 0 spiro atoms. The molecule has 0 bridgehead atoms. The fourth-order valence-electron chi connectivity index (χ4n) is 3.15. The number of hydrogen-bond acceptors (Lipinski definition) is 3. The van der Waals surface area contributed by atoms with Crippen LogP contribution in [0, 0.1) is 5.82 Å². The quantitative estimate of drug-likeness (QED) is 0.797. The van der Waals surface area contributed by atoms with Crippen molar-refractivity contribution in [3.8, 4) is 0 Å². The molecule has 124 valence electrons. The van der Waals surface area contributed by atoms with E-state index < -0.39 is 0 Å². The molecule has 3 nitrogen and oxygen atoms in total. The zero-order valence-corrected chi connectivity index (χ0v) is 14.0. The Labute approximate surface area is 134 Å². The number of rotatable bonds is 8. The molecule has 0 aromatic heterocycles. The number of hydrogen-bond donors (Lipinski definition) is 1. The summed E-state index contributed by atoms with van der Waals surface area (Å²) in [6.07, 6.45) is 2.42. The van der Waals surface area contributed by atoms with Crippen molar-refractivity contribution in [2.24, 2.45) is 0 Å². The Kier molecular flexibility index (Phi) is 7.30. The minimum atomic E-state index is -0.152. The van der Waals surface area contributed by atoms with E-state index in [4.69, 9.17) is 0 Å². The van der Waals surface area contributed by atoms with E-state index in [1.807, 2.05) is 12.1 Å². The number of likely N-dealkylation sites (N-methyl/N-ethyl adjacent to an activating group) is 1. The van der Waals surface area contributed by atoms with Crippen molar-refractivity contribution in [2.75, 3.05) is 45.8 Å². The Balaban J connectivity index is 2.12. The van der Waals surface area contributed by atoms with E-state index >= 15 is 0 Å². The van der Waals surface area contributed by atoms with Crippen LogP contribution in [-0.4, -0.2) is 55.6 Å². The first-order valence-corrected chi connectivity index (χ1v) is 8.67. The maximum Gasteiger partial charge on any atom is 0.123 e. The van der Waals surface area contributed by atoms with E-state index in [-0.39, 0.29) is 5.82 Å². The molecule has 1 aromatic carbocycles. The minimum Gasteiger partial charge on any atom is -0.314 e. The van der Waals surface area contributed by atoms with E-state index in [1.54, 1.807) is 12.1 Å². The Morgan fingerprint density at radius 2 is 1.86 bits per heavy atom. The van der Waals surface area contributed by atoms with Gasteiger partial charge in [0.2, 0.25) is 0 Å². The largest absolute Gasteiger partial charge is 0.314 e. The van der Waals surface area contributed by atoms with Crippen LogP contribution in [0.15, 0.2) is 24.3 Å². The van der Waals surface area contributed by atoms with Crippen LogP contribution in [0.2, 0.25) is 0 Å². The van der Waals surface area contributed by atoms with Crippen molar-refractivity contribution in [1.82, 2.24) is 15.1 Å². The summed E-state index contributed by atoms with van der Waals surface area (Å²) in [5.41, 5.74) is 1.23. The summed E-state index contributed by atoms with van der Waals surface area (Å²) in [4.78, 5) is 5.07. The van der Waals surface area contributed by atoms with Gasteiger partial charge in [0.1, 0.15) is 5.82 Å². The van der Waals surface area contributed by atoms with Gasteiger partial charge in [-0.3, -0.25) is 9.80 Å². The molecule has 1 N–H and O–H groups in total. The maximum atomic E-state index is 13.3. The van der Waals surface area contributed by atoms with Crippen LogP contribution in [0.25, 0.3) is 0 Å². The molecule has 0 aliphatic carbocycles. The van der Waals surface area contributed by atoms with E-state index in [0.29, 0.717) is 6.04 Å². The third-order valence-electron chi connectivity index (χ3n) is 4.54. The number of piperazine rings is 1. The average Bonchev–Trinajstić information content (AvgIpc) is 2.56. The lowest BCUT2D eigenvalue weighted by molar-refractivity contribution is 0.132. The summed E-state index contributed by atoms with van der Waals surface area (Å²) in [6.45, 7) is 12.0. The second kappa shape index (κ2) is 9.23. The summed E-state index contributed by atoms with van der Waals surface area (Å²) in [7, 11) is 0. The first-order chi connectivity index (χ1) is 10.7. The molecule has 1 unspecified atom stereocenters. The van der Waals surface area contributed by atoms with Gasteiger partial charge in [-0.2, -0.15) is 0 Å². The molecule has 1 aliphatic rings. The van der Waals surface area contributed by atoms with E-state index in [1.165, 1.54) is 18.4 Å². The van der Waals surface area contributed by atoms with Gasteiger partial charge in [-0.25, -0.2) is 4.39 Å². The lowest BCUT2D eigenvalue weighted by Crippen LogP contribution is -2.47. The monoisotopic (exact) mass is 307 g/mol. The summed E-state index contributed by atoms with van der Waals surface area (Å²) in [5.74, 6) is -0.152. The van der Waals surface area contributed by atoms with E-state index in [2.05, 4.69) is 29.0 Å². The first-order valence-electron chi connectivity index (χ1n) is 8.67. The van der Waals surface area contributed by atoms with Crippen LogP contribution in [-0.2, 0) is 0 Å². The van der Waals surface area contributed by atoms with Crippen LogP contribution >= 0.6 is 0 Å². The van der Waals surface area contributed by atoms with Gasteiger partial charge in [0.25, 0.3) is 0 Å². The molecule has 1 heterocycles. The molecule has 1 aliphatic heterocycles. The van der Waals surface area contributed by atoms with Gasteiger partial charge < -0.3 is 5.32 Å². The number of benzene rings is 1. The summed E-state index contributed by atoms with van der Waals surface area (Å²) in [5, 5.41) is 3.41. The summed E-state index contributed by atoms with van der Waals surface area (Å²) in [6, 6.07) is 7.45. The average molecular weight is 307 g/mol. The third-order valence-corrected chi connectivity index (χ3v) is 4.54. The highest BCUT2D eigenvalue weighted by Crippen LogP contribution is 2.23. The van der Waals surface area contributed by atoms with Crippen molar-refractivity contribution >= 4 is 0 Å². The van der Waals surface area contributed by atoms with Gasteiger partial charge in [-0.1, -0.05) is 32.4 Å². The van der Waals surface area contributed by atoms with Crippen LogP contribution < -0.4 is 5.32 Å². The Morgan fingerprint density at radius 3 is 2.45 bits per heavy atom. The summed E-state index contributed by atoms with van der Waals surface area (Å²) >= 11 is 0. The summed E-state index contributed by atoms with van der Waals surface area (Å²) < 4.78 is 13.3.